The van der Waals surface area contributed by atoms with Crippen molar-refractivity contribution in [1.82, 2.24) is 10.3 Å². The van der Waals surface area contributed by atoms with Crippen LogP contribution < -0.4 is 15.7 Å². The van der Waals surface area contributed by atoms with E-state index in [1.165, 1.54) is 0 Å². The van der Waals surface area contributed by atoms with Gasteiger partial charge in [-0.1, -0.05) is 18.2 Å². The van der Waals surface area contributed by atoms with E-state index in [1.54, 1.807) is 31.5 Å². The lowest BCUT2D eigenvalue weighted by atomic mass is 10.0. The maximum absolute atomic E-state index is 12.5. The summed E-state index contributed by atoms with van der Waals surface area (Å²) >= 11 is 6.32. The van der Waals surface area contributed by atoms with Crippen molar-refractivity contribution in [2.45, 2.75) is 26.8 Å². The van der Waals surface area contributed by atoms with Crippen molar-refractivity contribution in [2.75, 3.05) is 6.61 Å². The van der Waals surface area contributed by atoms with Gasteiger partial charge in [0.2, 0.25) is 5.91 Å². The molecule has 1 N–H and O–H groups in total. The van der Waals surface area contributed by atoms with E-state index in [1.807, 2.05) is 19.1 Å². The average molecular weight is 413 g/mol. The largest absolute Gasteiger partial charge is 0.488 e. The average Bonchev–Trinajstić information content (AvgIpc) is 2.69. The zero-order valence-electron chi connectivity index (χ0n) is 16.3. The van der Waals surface area contributed by atoms with Gasteiger partial charge in [-0.3, -0.25) is 9.78 Å². The van der Waals surface area contributed by atoms with Gasteiger partial charge in [0.25, 0.3) is 0 Å². The van der Waals surface area contributed by atoms with Gasteiger partial charge in [0, 0.05) is 30.4 Å². The number of amides is 1. The van der Waals surface area contributed by atoms with Crippen LogP contribution in [0.4, 0.5) is 0 Å². The summed E-state index contributed by atoms with van der Waals surface area (Å²) < 4.78 is 11.0. The van der Waals surface area contributed by atoms with E-state index in [9.17, 15) is 9.59 Å². The highest BCUT2D eigenvalue weighted by Gasteiger charge is 2.17. The molecule has 150 valence electrons. The first-order valence-corrected chi connectivity index (χ1v) is 9.41. The minimum Gasteiger partial charge on any atom is -0.488 e. The molecule has 1 aromatic carbocycles. The second-order valence-electron chi connectivity index (χ2n) is 6.83. The third-order valence-electron chi connectivity index (χ3n) is 4.39. The number of aryl methyl sites for hydroxylation is 1. The molecule has 0 aliphatic heterocycles. The number of fused-ring (bicyclic) bond motifs is 1. The lowest BCUT2D eigenvalue weighted by Crippen LogP contribution is -2.27. The Labute approximate surface area is 173 Å². The molecule has 0 aliphatic carbocycles. The molecule has 0 saturated heterocycles. The van der Waals surface area contributed by atoms with Gasteiger partial charge in [-0.2, -0.15) is 0 Å². The van der Waals surface area contributed by atoms with Crippen LogP contribution in [0.1, 0.15) is 23.6 Å². The summed E-state index contributed by atoms with van der Waals surface area (Å²) in [7, 11) is 0. The molecule has 0 saturated carbocycles. The van der Waals surface area contributed by atoms with Gasteiger partial charge >= 0.3 is 5.63 Å². The van der Waals surface area contributed by atoms with Crippen molar-refractivity contribution in [1.29, 1.82) is 0 Å². The second-order valence-corrected chi connectivity index (χ2v) is 7.23. The fourth-order valence-corrected chi connectivity index (χ4v) is 3.05. The highest BCUT2D eigenvalue weighted by Crippen LogP contribution is 2.32. The molecule has 2 aromatic heterocycles. The molecule has 0 unspecified atom stereocenters. The molecule has 3 rings (SSSR count). The number of ether oxygens (including phenoxy) is 1. The number of hydrogen-bond acceptors (Lipinski definition) is 5. The van der Waals surface area contributed by atoms with E-state index in [0.29, 0.717) is 46.0 Å². The Morgan fingerprint density at radius 2 is 2.03 bits per heavy atom. The van der Waals surface area contributed by atoms with Gasteiger partial charge < -0.3 is 14.5 Å². The normalized spacial score (nSPS) is 10.7. The van der Waals surface area contributed by atoms with Crippen LogP contribution in [-0.4, -0.2) is 17.5 Å². The van der Waals surface area contributed by atoms with E-state index < -0.39 is 5.63 Å². The van der Waals surface area contributed by atoms with Crippen LogP contribution in [0.3, 0.4) is 0 Å². The van der Waals surface area contributed by atoms with Crippen molar-refractivity contribution >= 4 is 28.5 Å². The fourth-order valence-electron chi connectivity index (χ4n) is 2.83. The smallest absolute Gasteiger partial charge is 0.340 e. The molecule has 0 radical (unpaired) electrons. The summed E-state index contributed by atoms with van der Waals surface area (Å²) in [5, 5.41) is 3.85. The molecular formula is C22H21ClN2O4. The standard InChI is InChI=1S/C22H21ClN2O4/c1-13(2)12-28-20-10-19-16(8-18(20)23)14(3)17(22(27)29-19)9-21(26)25-11-15-4-6-24-7-5-15/h4-8,10H,1,9,11-12H2,2-3H3,(H,25,26). The number of rotatable bonds is 7. The van der Waals surface area contributed by atoms with Crippen molar-refractivity contribution in [3.05, 3.63) is 80.9 Å². The third-order valence-corrected chi connectivity index (χ3v) is 4.69. The van der Waals surface area contributed by atoms with E-state index in [0.717, 1.165) is 11.1 Å². The van der Waals surface area contributed by atoms with E-state index in [4.69, 9.17) is 20.8 Å². The minimum absolute atomic E-state index is 0.0826. The Kier molecular flexibility index (Phi) is 6.34. The molecule has 0 spiro atoms. The lowest BCUT2D eigenvalue weighted by molar-refractivity contribution is -0.120. The number of carbonyl (C=O) groups excluding carboxylic acids is 1. The Bertz CT molecular complexity index is 1120. The molecule has 7 heteroatoms. The molecule has 0 aliphatic rings. The van der Waals surface area contributed by atoms with Crippen LogP contribution in [-0.2, 0) is 17.8 Å². The highest BCUT2D eigenvalue weighted by atomic mass is 35.5. The van der Waals surface area contributed by atoms with Gasteiger partial charge in [0.05, 0.1) is 17.0 Å². The number of benzene rings is 1. The quantitative estimate of drug-likeness (QED) is 0.469. The van der Waals surface area contributed by atoms with Crippen LogP contribution in [0.15, 0.2) is 58.0 Å². The van der Waals surface area contributed by atoms with Crippen LogP contribution in [0, 0.1) is 6.92 Å². The van der Waals surface area contributed by atoms with Gasteiger partial charge in [-0.25, -0.2) is 4.79 Å². The van der Waals surface area contributed by atoms with Crippen LogP contribution >= 0.6 is 11.6 Å². The second kappa shape index (κ2) is 8.92. The van der Waals surface area contributed by atoms with Gasteiger partial charge in [-0.15, -0.1) is 0 Å². The molecule has 0 atom stereocenters. The predicted molar refractivity (Wildman–Crippen MR) is 112 cm³/mol. The molecule has 1 amide bonds. The monoisotopic (exact) mass is 412 g/mol. The van der Waals surface area contributed by atoms with Gasteiger partial charge in [0.1, 0.15) is 17.9 Å². The zero-order valence-corrected chi connectivity index (χ0v) is 17.0. The molecule has 29 heavy (non-hydrogen) atoms. The first kappa shape index (κ1) is 20.6. The maximum Gasteiger partial charge on any atom is 0.340 e. The van der Waals surface area contributed by atoms with Crippen molar-refractivity contribution in [2.24, 2.45) is 0 Å². The van der Waals surface area contributed by atoms with E-state index in [2.05, 4.69) is 16.9 Å². The Balaban J connectivity index is 1.83. The number of nitrogens with one attached hydrogen (secondary N) is 1. The topological polar surface area (TPSA) is 81.4 Å². The summed E-state index contributed by atoms with van der Waals surface area (Å²) in [6.45, 7) is 8.06. The molecule has 0 bridgehead atoms. The molecule has 0 fully saturated rings. The minimum atomic E-state index is -0.553. The maximum atomic E-state index is 12.5. The number of carbonyl (C=O) groups is 1. The summed E-state index contributed by atoms with van der Waals surface area (Å²) in [6.07, 6.45) is 3.23. The van der Waals surface area contributed by atoms with Crippen molar-refractivity contribution < 1.29 is 13.9 Å². The molecular weight excluding hydrogens is 392 g/mol. The predicted octanol–water partition coefficient (Wildman–Crippen LogP) is 3.96. The Morgan fingerprint density at radius 3 is 2.72 bits per heavy atom. The fraction of sp³-hybridized carbons (Fsp3) is 0.227. The SMILES string of the molecule is C=C(C)COc1cc2oc(=O)c(CC(=O)NCc3ccncc3)c(C)c2cc1Cl. The van der Waals surface area contributed by atoms with Crippen molar-refractivity contribution in [3.8, 4) is 5.75 Å². The number of halogens is 1. The lowest BCUT2D eigenvalue weighted by Gasteiger charge is -2.12. The molecule has 6 nitrogen and oxygen atoms in total. The summed E-state index contributed by atoms with van der Waals surface area (Å²) in [5.41, 5.74) is 2.52. The first-order chi connectivity index (χ1) is 13.8. The van der Waals surface area contributed by atoms with Gasteiger partial charge in [-0.05, 0) is 48.7 Å². The number of hydrogen-bond donors (Lipinski definition) is 1. The molecule has 2 heterocycles. The number of pyridine rings is 1. The molecule has 3 aromatic rings. The Hall–Kier alpha value is -3.12. The number of nitrogens with zero attached hydrogens (tertiary/aromatic N) is 1. The van der Waals surface area contributed by atoms with Crippen LogP contribution in [0.25, 0.3) is 11.0 Å². The summed E-state index contributed by atoms with van der Waals surface area (Å²) in [6, 6.07) is 6.89. The first-order valence-electron chi connectivity index (χ1n) is 9.03. The van der Waals surface area contributed by atoms with Crippen molar-refractivity contribution in [3.63, 3.8) is 0 Å². The van der Waals surface area contributed by atoms with E-state index in [-0.39, 0.29) is 12.3 Å². The third kappa shape index (κ3) is 5.03. The highest BCUT2D eigenvalue weighted by molar-refractivity contribution is 6.32. The number of aromatic nitrogens is 1. The van der Waals surface area contributed by atoms with Gasteiger partial charge in [0.15, 0.2) is 0 Å². The van der Waals surface area contributed by atoms with Crippen LogP contribution in [0.2, 0.25) is 5.02 Å². The zero-order chi connectivity index (χ0) is 21.0. The summed E-state index contributed by atoms with van der Waals surface area (Å²) in [4.78, 5) is 28.8. The van der Waals surface area contributed by atoms with Crippen LogP contribution in [0.5, 0.6) is 5.75 Å². The Morgan fingerprint density at radius 1 is 1.31 bits per heavy atom. The van der Waals surface area contributed by atoms with E-state index >= 15 is 0 Å². The summed E-state index contributed by atoms with van der Waals surface area (Å²) in [5.74, 6) is 0.136.